The fourth-order valence-electron chi connectivity index (χ4n) is 2.73. The number of halogens is 3. The molecule has 0 aromatic heterocycles. The number of hydrogen-bond donors (Lipinski definition) is 0. The summed E-state index contributed by atoms with van der Waals surface area (Å²) in [6.45, 7) is 0.204. The highest BCUT2D eigenvalue weighted by Crippen LogP contribution is 2.48. The van der Waals surface area contributed by atoms with Gasteiger partial charge in [0.1, 0.15) is 5.37 Å². The zero-order chi connectivity index (χ0) is 16.8. The first kappa shape index (κ1) is 16.4. The number of rotatable bonds is 2. The largest absolute Gasteiger partial charge is 0.454 e. The van der Waals surface area contributed by atoms with Crippen LogP contribution in [0.1, 0.15) is 10.9 Å². The Bertz CT molecular complexity index is 828. The van der Waals surface area contributed by atoms with Crippen molar-refractivity contribution in [3.8, 4) is 11.5 Å². The first-order chi connectivity index (χ1) is 11.5. The quantitative estimate of drug-likeness (QED) is 0.630. The van der Waals surface area contributed by atoms with Gasteiger partial charge in [-0.2, -0.15) is 0 Å². The lowest BCUT2D eigenvalue weighted by Gasteiger charge is -2.25. The summed E-state index contributed by atoms with van der Waals surface area (Å²) in [4.78, 5) is 14.2. The van der Waals surface area contributed by atoms with Crippen LogP contribution in [-0.4, -0.2) is 18.5 Å². The molecule has 1 saturated heterocycles. The highest BCUT2D eigenvalue weighted by molar-refractivity contribution is 9.10. The van der Waals surface area contributed by atoms with Crippen LogP contribution in [0.4, 0.5) is 5.69 Å². The van der Waals surface area contributed by atoms with Gasteiger partial charge < -0.3 is 9.47 Å². The van der Waals surface area contributed by atoms with E-state index in [-0.39, 0.29) is 18.1 Å². The van der Waals surface area contributed by atoms with E-state index in [1.165, 1.54) is 0 Å². The van der Waals surface area contributed by atoms with Gasteiger partial charge in [0, 0.05) is 25.8 Å². The number of nitrogens with zero attached hydrogens (tertiary/aromatic N) is 1. The second-order valence-corrected chi connectivity index (χ2v) is 8.08. The van der Waals surface area contributed by atoms with Gasteiger partial charge in [0.2, 0.25) is 12.7 Å². The second-order valence-electron chi connectivity index (χ2n) is 5.28. The molecule has 1 amide bonds. The summed E-state index contributed by atoms with van der Waals surface area (Å²) < 4.78 is 11.7. The Morgan fingerprint density at radius 1 is 1.08 bits per heavy atom. The molecule has 2 aromatic rings. The number of anilines is 1. The molecular formula is C16H10BrCl2NO3S. The van der Waals surface area contributed by atoms with Gasteiger partial charge in [-0.15, -0.1) is 11.8 Å². The summed E-state index contributed by atoms with van der Waals surface area (Å²) in [5.41, 5.74) is 1.61. The van der Waals surface area contributed by atoms with E-state index in [2.05, 4.69) is 15.9 Å². The fraction of sp³-hybridized carbons (Fsp3) is 0.188. The molecule has 2 aromatic carbocycles. The molecule has 0 N–H and O–H groups in total. The molecule has 4 nitrogen and oxygen atoms in total. The summed E-state index contributed by atoms with van der Waals surface area (Å²) in [5.74, 6) is 1.76. The number of carbonyl (C=O) groups is 1. The first-order valence-corrected chi connectivity index (χ1v) is 9.61. The zero-order valence-electron chi connectivity index (χ0n) is 12.1. The summed E-state index contributed by atoms with van der Waals surface area (Å²) >= 11 is 17.3. The molecule has 0 bridgehead atoms. The van der Waals surface area contributed by atoms with Crippen LogP contribution < -0.4 is 14.4 Å². The van der Waals surface area contributed by atoms with Gasteiger partial charge in [-0.3, -0.25) is 9.69 Å². The maximum absolute atomic E-state index is 12.5. The fourth-order valence-corrected chi connectivity index (χ4v) is 5.14. The van der Waals surface area contributed by atoms with Crippen molar-refractivity contribution in [1.82, 2.24) is 0 Å². The minimum Gasteiger partial charge on any atom is -0.454 e. The predicted molar refractivity (Wildman–Crippen MR) is 99.4 cm³/mol. The lowest BCUT2D eigenvalue weighted by molar-refractivity contribution is -0.115. The molecule has 24 heavy (non-hydrogen) atoms. The van der Waals surface area contributed by atoms with E-state index in [0.717, 1.165) is 10.0 Å². The number of fused-ring (bicyclic) bond motifs is 1. The number of carbonyl (C=O) groups excluding carboxylic acids is 1. The standard InChI is InChI=1S/C16H10BrCl2NO3S/c17-12-5-14-13(22-7-23-14)4-11(12)16-20(15(21)6-24-16)10-2-8(18)1-9(19)3-10/h1-5,16H,6-7H2/t16-/m0/s1. The van der Waals surface area contributed by atoms with Crippen molar-refractivity contribution in [2.45, 2.75) is 5.37 Å². The SMILES string of the molecule is O=C1CS[C@@H](c2cc3c(cc2Br)OCO3)N1c1cc(Cl)cc(Cl)c1. The molecule has 0 radical (unpaired) electrons. The smallest absolute Gasteiger partial charge is 0.238 e. The van der Waals surface area contributed by atoms with E-state index >= 15 is 0 Å². The van der Waals surface area contributed by atoms with Crippen LogP contribution in [0.5, 0.6) is 11.5 Å². The Labute approximate surface area is 161 Å². The molecule has 4 rings (SSSR count). The van der Waals surface area contributed by atoms with Crippen LogP contribution in [0.3, 0.4) is 0 Å². The highest BCUT2D eigenvalue weighted by atomic mass is 79.9. The van der Waals surface area contributed by atoms with Crippen molar-refractivity contribution in [2.24, 2.45) is 0 Å². The van der Waals surface area contributed by atoms with Crippen molar-refractivity contribution < 1.29 is 14.3 Å². The average Bonchev–Trinajstić information content (AvgIpc) is 3.11. The Morgan fingerprint density at radius 3 is 2.46 bits per heavy atom. The second kappa shape index (κ2) is 6.33. The third-order valence-corrected chi connectivity index (χ3v) is 6.07. The lowest BCUT2D eigenvalue weighted by Crippen LogP contribution is -2.28. The van der Waals surface area contributed by atoms with Crippen molar-refractivity contribution in [3.63, 3.8) is 0 Å². The Hall–Kier alpha value is -1.08. The van der Waals surface area contributed by atoms with Gasteiger partial charge in [0.05, 0.1) is 5.75 Å². The highest BCUT2D eigenvalue weighted by Gasteiger charge is 2.36. The molecule has 2 aliphatic rings. The number of thioether (sulfide) groups is 1. The number of ether oxygens (including phenoxy) is 2. The lowest BCUT2D eigenvalue weighted by atomic mass is 10.1. The summed E-state index contributed by atoms with van der Waals surface area (Å²) in [5, 5.41) is 0.785. The molecule has 2 aliphatic heterocycles. The van der Waals surface area contributed by atoms with E-state index in [4.69, 9.17) is 32.7 Å². The Morgan fingerprint density at radius 2 is 1.75 bits per heavy atom. The molecule has 2 heterocycles. The van der Waals surface area contributed by atoms with Gasteiger partial charge in [-0.05, 0) is 30.3 Å². The van der Waals surface area contributed by atoms with Gasteiger partial charge >= 0.3 is 0 Å². The number of amides is 1. The van der Waals surface area contributed by atoms with E-state index in [9.17, 15) is 4.79 Å². The van der Waals surface area contributed by atoms with E-state index in [1.54, 1.807) is 34.9 Å². The van der Waals surface area contributed by atoms with E-state index < -0.39 is 0 Å². The predicted octanol–water partition coefficient (Wildman–Crippen LogP) is 5.26. The topological polar surface area (TPSA) is 38.8 Å². The maximum atomic E-state index is 12.5. The first-order valence-electron chi connectivity index (χ1n) is 7.02. The molecule has 0 saturated carbocycles. The summed E-state index contributed by atoms with van der Waals surface area (Å²) in [6, 6.07) is 8.90. The van der Waals surface area contributed by atoms with Crippen LogP contribution in [0.25, 0.3) is 0 Å². The van der Waals surface area contributed by atoms with Gasteiger partial charge in [0.25, 0.3) is 0 Å². The van der Waals surface area contributed by atoms with Crippen LogP contribution in [0, 0.1) is 0 Å². The van der Waals surface area contributed by atoms with Crippen molar-refractivity contribution in [3.05, 3.63) is 50.4 Å². The average molecular weight is 447 g/mol. The van der Waals surface area contributed by atoms with E-state index in [0.29, 0.717) is 33.0 Å². The van der Waals surface area contributed by atoms with Gasteiger partial charge in [-0.25, -0.2) is 0 Å². The number of hydrogen-bond acceptors (Lipinski definition) is 4. The van der Waals surface area contributed by atoms with Crippen LogP contribution >= 0.6 is 50.9 Å². The van der Waals surface area contributed by atoms with Gasteiger partial charge in [0.15, 0.2) is 11.5 Å². The minimum atomic E-state index is -0.198. The molecule has 1 fully saturated rings. The molecule has 0 aliphatic carbocycles. The van der Waals surface area contributed by atoms with Crippen LogP contribution in [-0.2, 0) is 4.79 Å². The number of benzene rings is 2. The van der Waals surface area contributed by atoms with Crippen LogP contribution in [0.2, 0.25) is 10.0 Å². The molecular weight excluding hydrogens is 437 g/mol. The monoisotopic (exact) mass is 445 g/mol. The summed E-state index contributed by atoms with van der Waals surface area (Å²) in [7, 11) is 0. The van der Waals surface area contributed by atoms with Gasteiger partial charge in [-0.1, -0.05) is 39.1 Å². The van der Waals surface area contributed by atoms with E-state index in [1.807, 2.05) is 12.1 Å². The molecule has 0 unspecified atom stereocenters. The molecule has 8 heteroatoms. The Kier molecular flexibility index (Phi) is 4.33. The normalized spacial score (nSPS) is 19.2. The molecule has 124 valence electrons. The Balaban J connectivity index is 1.78. The van der Waals surface area contributed by atoms with Crippen molar-refractivity contribution >= 4 is 62.5 Å². The van der Waals surface area contributed by atoms with Crippen molar-refractivity contribution in [1.29, 1.82) is 0 Å². The maximum Gasteiger partial charge on any atom is 0.238 e. The minimum absolute atomic E-state index is 0.00731. The molecule has 1 atom stereocenters. The van der Waals surface area contributed by atoms with Crippen molar-refractivity contribution in [2.75, 3.05) is 17.4 Å². The third-order valence-electron chi connectivity index (χ3n) is 3.75. The third kappa shape index (κ3) is 2.86. The van der Waals surface area contributed by atoms with Crippen LogP contribution in [0.15, 0.2) is 34.8 Å². The zero-order valence-corrected chi connectivity index (χ0v) is 16.0. The summed E-state index contributed by atoms with van der Waals surface area (Å²) in [6.07, 6.45) is 0. The molecule has 0 spiro atoms.